The molecule has 0 radical (unpaired) electrons. The van der Waals surface area contributed by atoms with E-state index in [1.165, 1.54) is 0 Å². The molecule has 0 amide bonds. The second-order valence-electron chi connectivity index (χ2n) is 4.11. The van der Waals surface area contributed by atoms with E-state index in [2.05, 4.69) is 12.0 Å². The van der Waals surface area contributed by atoms with E-state index in [0.717, 1.165) is 12.1 Å². The molecule has 1 rings (SSSR count). The van der Waals surface area contributed by atoms with Gasteiger partial charge in [-0.05, 0) is 19.8 Å². The minimum Gasteiger partial charge on any atom is -0.384 e. The number of aliphatic hydroxyl groups is 1. The SMILES string of the molecule is CCC(C)C(C)(O)c1c(Cl)cnn1CC. The van der Waals surface area contributed by atoms with Gasteiger partial charge in [-0.15, -0.1) is 0 Å². The maximum atomic E-state index is 10.5. The van der Waals surface area contributed by atoms with Crippen LogP contribution in [0.15, 0.2) is 6.20 Å². The van der Waals surface area contributed by atoms with Gasteiger partial charge < -0.3 is 5.11 Å². The monoisotopic (exact) mass is 230 g/mol. The first kappa shape index (κ1) is 12.5. The minimum atomic E-state index is -0.918. The van der Waals surface area contributed by atoms with Crippen molar-refractivity contribution in [2.75, 3.05) is 0 Å². The molecule has 0 aliphatic heterocycles. The van der Waals surface area contributed by atoms with Crippen LogP contribution in [-0.2, 0) is 12.1 Å². The molecule has 0 aliphatic carbocycles. The van der Waals surface area contributed by atoms with Crippen LogP contribution in [0.1, 0.15) is 39.8 Å². The van der Waals surface area contributed by atoms with Crippen molar-refractivity contribution in [3.8, 4) is 0 Å². The van der Waals surface area contributed by atoms with Crippen molar-refractivity contribution in [2.24, 2.45) is 5.92 Å². The molecule has 0 fully saturated rings. The molecule has 86 valence electrons. The standard InChI is InChI=1S/C11H19ClN2O/c1-5-8(3)11(4,15)10-9(12)7-13-14(10)6-2/h7-8,15H,5-6H2,1-4H3. The van der Waals surface area contributed by atoms with Gasteiger partial charge in [-0.1, -0.05) is 31.9 Å². The zero-order chi connectivity index (χ0) is 11.6. The predicted octanol–water partition coefficient (Wildman–Crippen LogP) is 2.81. The highest BCUT2D eigenvalue weighted by molar-refractivity contribution is 6.31. The van der Waals surface area contributed by atoms with Crippen molar-refractivity contribution in [3.05, 3.63) is 16.9 Å². The van der Waals surface area contributed by atoms with E-state index >= 15 is 0 Å². The Hall–Kier alpha value is -0.540. The summed E-state index contributed by atoms with van der Waals surface area (Å²) in [6, 6.07) is 0. The van der Waals surface area contributed by atoms with Crippen molar-refractivity contribution < 1.29 is 5.11 Å². The van der Waals surface area contributed by atoms with E-state index in [-0.39, 0.29) is 5.92 Å². The molecule has 3 nitrogen and oxygen atoms in total. The lowest BCUT2D eigenvalue weighted by atomic mass is 9.85. The van der Waals surface area contributed by atoms with E-state index in [0.29, 0.717) is 11.6 Å². The summed E-state index contributed by atoms with van der Waals surface area (Å²) in [4.78, 5) is 0. The van der Waals surface area contributed by atoms with E-state index in [1.54, 1.807) is 17.8 Å². The summed E-state index contributed by atoms with van der Waals surface area (Å²) in [5.74, 6) is 0.150. The lowest BCUT2D eigenvalue weighted by Crippen LogP contribution is -2.32. The first-order valence-corrected chi connectivity index (χ1v) is 5.77. The fourth-order valence-corrected chi connectivity index (χ4v) is 2.07. The highest BCUT2D eigenvalue weighted by atomic mass is 35.5. The molecule has 15 heavy (non-hydrogen) atoms. The number of aryl methyl sites for hydroxylation is 1. The normalized spacial score (nSPS) is 17.5. The Balaban J connectivity index is 3.18. The van der Waals surface area contributed by atoms with Gasteiger partial charge in [0.15, 0.2) is 0 Å². The Bertz CT molecular complexity index is 333. The topological polar surface area (TPSA) is 38.1 Å². The quantitative estimate of drug-likeness (QED) is 0.864. The van der Waals surface area contributed by atoms with Crippen LogP contribution >= 0.6 is 11.6 Å². The van der Waals surface area contributed by atoms with Crippen LogP contribution in [-0.4, -0.2) is 14.9 Å². The Labute approximate surface area is 96.1 Å². The molecule has 0 aromatic carbocycles. The lowest BCUT2D eigenvalue weighted by molar-refractivity contribution is -0.00800. The molecule has 4 heteroatoms. The number of nitrogens with zero attached hydrogens (tertiary/aromatic N) is 2. The van der Waals surface area contributed by atoms with Crippen molar-refractivity contribution in [2.45, 2.75) is 46.3 Å². The van der Waals surface area contributed by atoms with Crippen LogP contribution in [0.2, 0.25) is 5.02 Å². The first-order chi connectivity index (χ1) is 6.95. The van der Waals surface area contributed by atoms with Crippen molar-refractivity contribution in [3.63, 3.8) is 0 Å². The predicted molar refractivity (Wildman–Crippen MR) is 61.9 cm³/mol. The number of halogens is 1. The van der Waals surface area contributed by atoms with Crippen LogP contribution in [0.4, 0.5) is 0 Å². The number of hydrogen-bond donors (Lipinski definition) is 1. The fourth-order valence-electron chi connectivity index (χ4n) is 1.74. The van der Waals surface area contributed by atoms with Crippen molar-refractivity contribution in [1.29, 1.82) is 0 Å². The average Bonchev–Trinajstić information content (AvgIpc) is 2.58. The van der Waals surface area contributed by atoms with Gasteiger partial charge in [0.05, 0.1) is 16.9 Å². The van der Waals surface area contributed by atoms with Gasteiger partial charge in [0.25, 0.3) is 0 Å². The second-order valence-corrected chi connectivity index (χ2v) is 4.52. The van der Waals surface area contributed by atoms with E-state index in [4.69, 9.17) is 11.6 Å². The Morgan fingerprint density at radius 1 is 1.60 bits per heavy atom. The summed E-state index contributed by atoms with van der Waals surface area (Å²) in [5, 5.41) is 15.2. The molecule has 0 aliphatic rings. The van der Waals surface area contributed by atoms with Gasteiger partial charge in [0, 0.05) is 6.54 Å². The summed E-state index contributed by atoms with van der Waals surface area (Å²) >= 11 is 6.07. The lowest BCUT2D eigenvalue weighted by Gasteiger charge is -2.30. The largest absolute Gasteiger partial charge is 0.384 e. The molecule has 2 atom stereocenters. The second kappa shape index (κ2) is 4.54. The molecule has 0 saturated carbocycles. The van der Waals surface area contributed by atoms with Crippen molar-refractivity contribution >= 4 is 11.6 Å². The average molecular weight is 231 g/mol. The molecule has 0 bridgehead atoms. The third-order valence-electron chi connectivity index (χ3n) is 3.15. The maximum Gasteiger partial charge on any atom is 0.107 e. The van der Waals surface area contributed by atoms with Crippen LogP contribution in [0, 0.1) is 5.92 Å². The molecular formula is C11H19ClN2O. The number of hydrogen-bond acceptors (Lipinski definition) is 2. The number of aromatic nitrogens is 2. The fraction of sp³-hybridized carbons (Fsp3) is 0.727. The first-order valence-electron chi connectivity index (χ1n) is 5.39. The number of rotatable bonds is 4. The van der Waals surface area contributed by atoms with Gasteiger partial charge in [-0.2, -0.15) is 5.10 Å². The molecule has 0 saturated heterocycles. The molecule has 1 N–H and O–H groups in total. The highest BCUT2D eigenvalue weighted by Crippen LogP contribution is 2.35. The zero-order valence-corrected chi connectivity index (χ0v) is 10.5. The third-order valence-corrected chi connectivity index (χ3v) is 3.42. The zero-order valence-electron chi connectivity index (χ0n) is 9.79. The smallest absolute Gasteiger partial charge is 0.107 e. The molecule has 1 aromatic heterocycles. The van der Waals surface area contributed by atoms with Gasteiger partial charge in [0.2, 0.25) is 0 Å². The Morgan fingerprint density at radius 2 is 2.20 bits per heavy atom. The molecule has 2 unspecified atom stereocenters. The van der Waals surface area contributed by atoms with Crippen LogP contribution in [0.25, 0.3) is 0 Å². The van der Waals surface area contributed by atoms with Crippen LogP contribution < -0.4 is 0 Å². The van der Waals surface area contributed by atoms with Gasteiger partial charge >= 0.3 is 0 Å². The van der Waals surface area contributed by atoms with Crippen LogP contribution in [0.3, 0.4) is 0 Å². The third kappa shape index (κ3) is 2.18. The molecule has 1 aromatic rings. The molecule has 1 heterocycles. The maximum absolute atomic E-state index is 10.5. The summed E-state index contributed by atoms with van der Waals surface area (Å²) in [6.45, 7) is 8.58. The molecular weight excluding hydrogens is 212 g/mol. The van der Waals surface area contributed by atoms with Gasteiger partial charge in [0.1, 0.15) is 5.60 Å². The van der Waals surface area contributed by atoms with Crippen molar-refractivity contribution in [1.82, 2.24) is 9.78 Å². The molecule has 0 spiro atoms. The Kier molecular flexibility index (Phi) is 3.79. The van der Waals surface area contributed by atoms with Crippen LogP contribution in [0.5, 0.6) is 0 Å². The van der Waals surface area contributed by atoms with Gasteiger partial charge in [-0.3, -0.25) is 4.68 Å². The van der Waals surface area contributed by atoms with E-state index in [1.807, 2.05) is 13.8 Å². The summed E-state index contributed by atoms with van der Waals surface area (Å²) in [5.41, 5.74) is -0.195. The minimum absolute atomic E-state index is 0.150. The van der Waals surface area contributed by atoms with Gasteiger partial charge in [-0.25, -0.2) is 0 Å². The van der Waals surface area contributed by atoms with E-state index < -0.39 is 5.60 Å². The summed E-state index contributed by atoms with van der Waals surface area (Å²) in [6.07, 6.45) is 2.50. The summed E-state index contributed by atoms with van der Waals surface area (Å²) in [7, 11) is 0. The Morgan fingerprint density at radius 3 is 2.67 bits per heavy atom. The summed E-state index contributed by atoms with van der Waals surface area (Å²) < 4.78 is 1.76. The van der Waals surface area contributed by atoms with E-state index in [9.17, 15) is 5.11 Å². The highest BCUT2D eigenvalue weighted by Gasteiger charge is 2.34.